The van der Waals surface area contributed by atoms with Gasteiger partial charge in [0.05, 0.1) is 0 Å². The number of ether oxygens (including phenoxy) is 2. The summed E-state index contributed by atoms with van der Waals surface area (Å²) >= 11 is 0. The van der Waals surface area contributed by atoms with Gasteiger partial charge in [-0.05, 0) is 41.5 Å². The Kier molecular flexibility index (Phi) is 5.15. The van der Waals surface area contributed by atoms with Gasteiger partial charge >= 0.3 is 0 Å². The molecule has 3 aromatic carbocycles. The molecule has 2 heteroatoms. The average Bonchev–Trinajstić information content (AvgIpc) is 2.60. The molecule has 0 N–H and O–H groups in total. The lowest BCUT2D eigenvalue weighted by atomic mass is 10.1. The highest BCUT2D eigenvalue weighted by atomic mass is 16.7. The Morgan fingerprint density at radius 1 is 0.739 bits per heavy atom. The van der Waals surface area contributed by atoms with Crippen LogP contribution in [-0.4, -0.2) is 6.29 Å². The van der Waals surface area contributed by atoms with E-state index in [9.17, 15) is 0 Å². The number of rotatable bonds is 7. The predicted molar refractivity (Wildman–Crippen MR) is 95.0 cm³/mol. The highest BCUT2D eigenvalue weighted by Crippen LogP contribution is 2.23. The molecule has 0 amide bonds. The summed E-state index contributed by atoms with van der Waals surface area (Å²) in [6, 6.07) is 24.3. The molecule has 0 aromatic heterocycles. The zero-order valence-corrected chi connectivity index (χ0v) is 13.4. The first-order valence-corrected chi connectivity index (χ1v) is 8.22. The molecule has 0 radical (unpaired) electrons. The van der Waals surface area contributed by atoms with Crippen molar-refractivity contribution >= 4 is 10.8 Å². The molecule has 1 atom stereocenters. The van der Waals surface area contributed by atoms with Gasteiger partial charge in [0.15, 0.2) is 0 Å². The first-order chi connectivity index (χ1) is 11.3. The van der Waals surface area contributed by atoms with E-state index >= 15 is 0 Å². The van der Waals surface area contributed by atoms with Gasteiger partial charge in [0.2, 0.25) is 6.29 Å². The van der Waals surface area contributed by atoms with Gasteiger partial charge in [0.1, 0.15) is 11.5 Å². The lowest BCUT2D eigenvalue weighted by molar-refractivity contribution is -0.00201. The molecule has 0 saturated carbocycles. The number of fused-ring (bicyclic) bond motifs is 1. The number of hydrogen-bond acceptors (Lipinski definition) is 2. The van der Waals surface area contributed by atoms with Crippen LogP contribution < -0.4 is 9.47 Å². The lowest BCUT2D eigenvalue weighted by Crippen LogP contribution is -2.23. The maximum atomic E-state index is 6.11. The molecule has 0 aliphatic heterocycles. The van der Waals surface area contributed by atoms with Crippen LogP contribution in [-0.2, 0) is 0 Å². The Balaban J connectivity index is 1.75. The van der Waals surface area contributed by atoms with Gasteiger partial charge in [0.25, 0.3) is 0 Å². The molecule has 0 fully saturated rings. The first-order valence-electron chi connectivity index (χ1n) is 8.22. The van der Waals surface area contributed by atoms with Crippen LogP contribution in [0.1, 0.15) is 26.2 Å². The van der Waals surface area contributed by atoms with E-state index in [1.807, 2.05) is 48.5 Å². The molecule has 23 heavy (non-hydrogen) atoms. The van der Waals surface area contributed by atoms with Gasteiger partial charge in [-0.3, -0.25) is 0 Å². The van der Waals surface area contributed by atoms with Gasteiger partial charge in [-0.25, -0.2) is 0 Å². The number of hydrogen-bond donors (Lipinski definition) is 0. The van der Waals surface area contributed by atoms with Crippen molar-refractivity contribution in [2.75, 3.05) is 0 Å². The summed E-state index contributed by atoms with van der Waals surface area (Å²) in [6.07, 6.45) is 2.80. The standard InChI is InChI=1S/C21H22O2/c1-2-3-13-21(22-19-11-5-4-6-12-19)23-20-15-14-17-9-7-8-10-18(17)16-20/h4-12,14-16,21H,2-3,13H2,1H3. The van der Waals surface area contributed by atoms with Gasteiger partial charge in [-0.1, -0.05) is 61.9 Å². The van der Waals surface area contributed by atoms with Crippen molar-refractivity contribution in [2.45, 2.75) is 32.5 Å². The van der Waals surface area contributed by atoms with Crippen molar-refractivity contribution in [1.29, 1.82) is 0 Å². The lowest BCUT2D eigenvalue weighted by Gasteiger charge is -2.20. The Bertz CT molecular complexity index is 737. The summed E-state index contributed by atoms with van der Waals surface area (Å²) in [4.78, 5) is 0. The zero-order chi connectivity index (χ0) is 15.9. The van der Waals surface area contributed by atoms with Gasteiger partial charge < -0.3 is 9.47 Å². The molecule has 1 unspecified atom stereocenters. The molecule has 0 heterocycles. The molecule has 3 rings (SSSR count). The summed E-state index contributed by atoms with van der Waals surface area (Å²) in [7, 11) is 0. The fourth-order valence-corrected chi connectivity index (χ4v) is 2.56. The van der Waals surface area contributed by atoms with E-state index in [0.29, 0.717) is 0 Å². The van der Waals surface area contributed by atoms with Crippen LogP contribution >= 0.6 is 0 Å². The van der Waals surface area contributed by atoms with Crippen LogP contribution in [0.15, 0.2) is 72.8 Å². The van der Waals surface area contributed by atoms with Crippen molar-refractivity contribution < 1.29 is 9.47 Å². The summed E-state index contributed by atoms with van der Waals surface area (Å²) in [5.74, 6) is 1.69. The molecule has 2 nitrogen and oxygen atoms in total. The third kappa shape index (κ3) is 4.26. The topological polar surface area (TPSA) is 18.5 Å². The second kappa shape index (κ2) is 7.68. The van der Waals surface area contributed by atoms with Crippen LogP contribution in [0.3, 0.4) is 0 Å². The Labute approximate surface area is 137 Å². The van der Waals surface area contributed by atoms with Gasteiger partial charge in [-0.2, -0.15) is 0 Å². The number of unbranched alkanes of at least 4 members (excludes halogenated alkanes) is 1. The first kappa shape index (κ1) is 15.4. The minimum atomic E-state index is -0.265. The zero-order valence-electron chi connectivity index (χ0n) is 13.4. The molecule has 0 bridgehead atoms. The molecule has 0 aliphatic carbocycles. The minimum Gasteiger partial charge on any atom is -0.455 e. The van der Waals surface area contributed by atoms with Crippen LogP contribution in [0.5, 0.6) is 11.5 Å². The Hall–Kier alpha value is -2.48. The fourth-order valence-electron chi connectivity index (χ4n) is 2.56. The van der Waals surface area contributed by atoms with Gasteiger partial charge in [-0.15, -0.1) is 0 Å². The fraction of sp³-hybridized carbons (Fsp3) is 0.238. The third-order valence-corrected chi connectivity index (χ3v) is 3.79. The molecule has 0 aliphatic rings. The Morgan fingerprint density at radius 2 is 1.43 bits per heavy atom. The van der Waals surface area contributed by atoms with Crippen molar-refractivity contribution in [2.24, 2.45) is 0 Å². The van der Waals surface area contributed by atoms with Crippen LogP contribution in [0.2, 0.25) is 0 Å². The van der Waals surface area contributed by atoms with Crippen molar-refractivity contribution in [3.63, 3.8) is 0 Å². The van der Waals surface area contributed by atoms with Crippen molar-refractivity contribution in [3.05, 3.63) is 72.8 Å². The Morgan fingerprint density at radius 3 is 2.22 bits per heavy atom. The summed E-state index contributed by atoms with van der Waals surface area (Å²) in [6.45, 7) is 2.18. The molecule has 0 saturated heterocycles. The van der Waals surface area contributed by atoms with Gasteiger partial charge in [0, 0.05) is 6.42 Å². The molecule has 0 spiro atoms. The second-order valence-electron chi connectivity index (χ2n) is 5.63. The van der Waals surface area contributed by atoms with E-state index < -0.39 is 0 Å². The van der Waals surface area contributed by atoms with E-state index in [0.717, 1.165) is 30.8 Å². The van der Waals surface area contributed by atoms with Crippen LogP contribution in [0.25, 0.3) is 10.8 Å². The summed E-state index contributed by atoms with van der Waals surface area (Å²) in [5.41, 5.74) is 0. The van der Waals surface area contributed by atoms with Crippen LogP contribution in [0.4, 0.5) is 0 Å². The monoisotopic (exact) mass is 306 g/mol. The summed E-state index contributed by atoms with van der Waals surface area (Å²) < 4.78 is 12.1. The molecule has 118 valence electrons. The maximum absolute atomic E-state index is 6.11. The molecular weight excluding hydrogens is 284 g/mol. The number of para-hydroxylation sites is 1. The van der Waals surface area contributed by atoms with E-state index in [1.165, 1.54) is 10.8 Å². The largest absolute Gasteiger partial charge is 0.455 e. The van der Waals surface area contributed by atoms with Crippen molar-refractivity contribution in [3.8, 4) is 11.5 Å². The van der Waals surface area contributed by atoms with Crippen molar-refractivity contribution in [1.82, 2.24) is 0 Å². The minimum absolute atomic E-state index is 0.265. The van der Waals surface area contributed by atoms with E-state index in [2.05, 4.69) is 31.2 Å². The summed E-state index contributed by atoms with van der Waals surface area (Å²) in [5, 5.41) is 2.40. The molecule has 3 aromatic rings. The van der Waals surface area contributed by atoms with Crippen LogP contribution in [0, 0.1) is 0 Å². The highest BCUT2D eigenvalue weighted by molar-refractivity contribution is 5.83. The van der Waals surface area contributed by atoms with E-state index in [1.54, 1.807) is 0 Å². The predicted octanol–water partition coefficient (Wildman–Crippen LogP) is 5.81. The second-order valence-corrected chi connectivity index (χ2v) is 5.63. The average molecular weight is 306 g/mol. The quantitative estimate of drug-likeness (QED) is 0.512. The van der Waals surface area contributed by atoms with E-state index in [-0.39, 0.29) is 6.29 Å². The highest BCUT2D eigenvalue weighted by Gasteiger charge is 2.12. The third-order valence-electron chi connectivity index (χ3n) is 3.79. The smallest absolute Gasteiger partial charge is 0.241 e. The van der Waals surface area contributed by atoms with E-state index in [4.69, 9.17) is 9.47 Å². The maximum Gasteiger partial charge on any atom is 0.241 e. The number of benzene rings is 3. The molecular formula is C21H22O2. The SMILES string of the molecule is CCCCC(Oc1ccccc1)Oc1ccc2ccccc2c1. The normalized spacial score (nSPS) is 12.0.